The molecule has 1 N–H and O–H groups in total. The number of fused-ring (bicyclic) bond motifs is 1. The number of hydrogen-bond acceptors (Lipinski definition) is 4. The topological polar surface area (TPSA) is 68.1 Å². The van der Waals surface area contributed by atoms with Crippen molar-refractivity contribution in [2.45, 2.75) is 32.7 Å². The van der Waals surface area contributed by atoms with E-state index in [9.17, 15) is 10.1 Å². The molecule has 0 bridgehead atoms. The molecule has 0 aliphatic carbocycles. The van der Waals surface area contributed by atoms with E-state index in [2.05, 4.69) is 31.1 Å². The van der Waals surface area contributed by atoms with Gasteiger partial charge in [0.2, 0.25) is 0 Å². The standard InChI is InChI=1S/C14H17N3O2/c1-4-14(2,3)16-12-5-6-13(17(18)19)11-9-15-8-7-10(11)12/h5-9,16H,4H2,1-3H3. The quantitative estimate of drug-likeness (QED) is 0.670. The molecular formula is C14H17N3O2. The van der Waals surface area contributed by atoms with Crippen molar-refractivity contribution >= 4 is 22.1 Å². The van der Waals surface area contributed by atoms with Crippen molar-refractivity contribution in [2.24, 2.45) is 0 Å². The normalized spacial score (nSPS) is 11.5. The first-order valence-corrected chi connectivity index (χ1v) is 6.24. The zero-order valence-electron chi connectivity index (χ0n) is 11.3. The van der Waals surface area contributed by atoms with E-state index < -0.39 is 0 Å². The van der Waals surface area contributed by atoms with E-state index in [0.29, 0.717) is 5.39 Å². The molecule has 0 saturated heterocycles. The Bertz CT molecular complexity index is 623. The van der Waals surface area contributed by atoms with E-state index in [1.165, 1.54) is 12.3 Å². The van der Waals surface area contributed by atoms with Crippen LogP contribution in [0.2, 0.25) is 0 Å². The Morgan fingerprint density at radius 1 is 1.32 bits per heavy atom. The highest BCUT2D eigenvalue weighted by Crippen LogP contribution is 2.32. The van der Waals surface area contributed by atoms with E-state index in [1.807, 2.05) is 0 Å². The third-order valence-electron chi connectivity index (χ3n) is 3.35. The third-order valence-corrected chi connectivity index (χ3v) is 3.35. The van der Waals surface area contributed by atoms with Gasteiger partial charge in [0.25, 0.3) is 5.69 Å². The zero-order chi connectivity index (χ0) is 14.0. The number of non-ortho nitro benzene ring substituents is 1. The SMILES string of the molecule is CCC(C)(C)Nc1ccc([N+](=O)[O-])c2cnccc12. The number of aromatic nitrogens is 1. The number of hydrogen-bond donors (Lipinski definition) is 1. The van der Waals surface area contributed by atoms with Crippen LogP contribution < -0.4 is 5.32 Å². The van der Waals surface area contributed by atoms with Crippen LogP contribution in [-0.2, 0) is 0 Å². The van der Waals surface area contributed by atoms with E-state index >= 15 is 0 Å². The fourth-order valence-electron chi connectivity index (χ4n) is 1.90. The van der Waals surface area contributed by atoms with Gasteiger partial charge in [-0.25, -0.2) is 0 Å². The molecule has 1 aromatic heterocycles. The summed E-state index contributed by atoms with van der Waals surface area (Å²) < 4.78 is 0. The van der Waals surface area contributed by atoms with Gasteiger partial charge in [-0.3, -0.25) is 15.1 Å². The Balaban J connectivity index is 2.59. The fraction of sp³-hybridized carbons (Fsp3) is 0.357. The van der Waals surface area contributed by atoms with Gasteiger partial charge in [-0.05, 0) is 32.4 Å². The largest absolute Gasteiger partial charge is 0.380 e. The van der Waals surface area contributed by atoms with Gasteiger partial charge in [0.05, 0.1) is 10.3 Å². The van der Waals surface area contributed by atoms with E-state index in [1.54, 1.807) is 18.3 Å². The maximum atomic E-state index is 11.0. The summed E-state index contributed by atoms with van der Waals surface area (Å²) in [6.45, 7) is 6.30. The smallest absolute Gasteiger partial charge is 0.278 e. The van der Waals surface area contributed by atoms with Gasteiger partial charge in [0, 0.05) is 35.1 Å². The number of nitrogens with zero attached hydrogens (tertiary/aromatic N) is 2. The molecule has 0 saturated carbocycles. The summed E-state index contributed by atoms with van der Waals surface area (Å²) in [6, 6.07) is 5.09. The summed E-state index contributed by atoms with van der Waals surface area (Å²) >= 11 is 0. The molecule has 2 aromatic rings. The van der Waals surface area contributed by atoms with E-state index in [4.69, 9.17) is 0 Å². The molecule has 0 aliphatic rings. The monoisotopic (exact) mass is 259 g/mol. The second-order valence-corrected chi connectivity index (χ2v) is 5.17. The van der Waals surface area contributed by atoms with Crippen LogP contribution in [0.1, 0.15) is 27.2 Å². The van der Waals surface area contributed by atoms with Crippen molar-refractivity contribution in [3.05, 3.63) is 40.7 Å². The molecule has 0 aliphatic heterocycles. The van der Waals surface area contributed by atoms with Crippen LogP contribution >= 0.6 is 0 Å². The minimum Gasteiger partial charge on any atom is -0.380 e. The van der Waals surface area contributed by atoms with Gasteiger partial charge in [-0.2, -0.15) is 0 Å². The molecule has 1 aromatic carbocycles. The maximum absolute atomic E-state index is 11.0. The second kappa shape index (κ2) is 4.84. The van der Waals surface area contributed by atoms with Crippen LogP contribution in [0.25, 0.3) is 10.8 Å². The van der Waals surface area contributed by atoms with Crippen LogP contribution in [-0.4, -0.2) is 15.4 Å². The van der Waals surface area contributed by atoms with Crippen molar-refractivity contribution in [1.82, 2.24) is 4.98 Å². The summed E-state index contributed by atoms with van der Waals surface area (Å²) in [6.07, 6.45) is 4.14. The molecule has 5 heteroatoms. The molecule has 0 amide bonds. The molecular weight excluding hydrogens is 242 g/mol. The number of nitro benzene ring substituents is 1. The van der Waals surface area contributed by atoms with Gasteiger partial charge in [-0.15, -0.1) is 0 Å². The lowest BCUT2D eigenvalue weighted by molar-refractivity contribution is -0.383. The van der Waals surface area contributed by atoms with Gasteiger partial charge < -0.3 is 5.32 Å². The summed E-state index contributed by atoms with van der Waals surface area (Å²) in [4.78, 5) is 14.6. The predicted octanol–water partition coefficient (Wildman–Crippen LogP) is 3.74. The lowest BCUT2D eigenvalue weighted by Gasteiger charge is -2.26. The number of anilines is 1. The maximum Gasteiger partial charge on any atom is 0.278 e. The minimum absolute atomic E-state index is 0.0632. The molecule has 2 rings (SSSR count). The van der Waals surface area contributed by atoms with Gasteiger partial charge >= 0.3 is 0 Å². The summed E-state index contributed by atoms with van der Waals surface area (Å²) in [7, 11) is 0. The summed E-state index contributed by atoms with van der Waals surface area (Å²) in [5.41, 5.74) is 0.921. The molecule has 5 nitrogen and oxygen atoms in total. The number of nitrogens with one attached hydrogen (secondary N) is 1. The van der Waals surface area contributed by atoms with E-state index in [-0.39, 0.29) is 16.1 Å². The lowest BCUT2D eigenvalue weighted by Crippen LogP contribution is -2.29. The molecule has 100 valence electrons. The first-order chi connectivity index (χ1) is 8.94. The highest BCUT2D eigenvalue weighted by atomic mass is 16.6. The first kappa shape index (κ1) is 13.3. The van der Waals surface area contributed by atoms with Gasteiger partial charge in [0.1, 0.15) is 0 Å². The fourth-order valence-corrected chi connectivity index (χ4v) is 1.90. The second-order valence-electron chi connectivity index (χ2n) is 5.17. The summed E-state index contributed by atoms with van der Waals surface area (Å²) in [5, 5.41) is 15.8. The van der Waals surface area contributed by atoms with Gasteiger partial charge in [0.15, 0.2) is 0 Å². The van der Waals surface area contributed by atoms with Crippen LogP contribution in [0.15, 0.2) is 30.6 Å². The Labute approximate surface area is 111 Å². The van der Waals surface area contributed by atoms with Crippen molar-refractivity contribution in [2.75, 3.05) is 5.32 Å². The average molecular weight is 259 g/mol. The molecule has 19 heavy (non-hydrogen) atoms. The molecule has 0 atom stereocenters. The third kappa shape index (κ3) is 2.65. The highest BCUT2D eigenvalue weighted by Gasteiger charge is 2.19. The Morgan fingerprint density at radius 3 is 2.68 bits per heavy atom. The number of rotatable bonds is 4. The first-order valence-electron chi connectivity index (χ1n) is 6.24. The van der Waals surface area contributed by atoms with Crippen molar-refractivity contribution in [1.29, 1.82) is 0 Å². The number of benzene rings is 1. The number of nitro groups is 1. The van der Waals surface area contributed by atoms with Crippen molar-refractivity contribution in [3.8, 4) is 0 Å². The minimum atomic E-state index is -0.376. The highest BCUT2D eigenvalue weighted by molar-refractivity contribution is 5.99. The van der Waals surface area contributed by atoms with E-state index in [0.717, 1.165) is 17.5 Å². The molecule has 0 radical (unpaired) electrons. The van der Waals surface area contributed by atoms with Crippen molar-refractivity contribution in [3.63, 3.8) is 0 Å². The zero-order valence-corrected chi connectivity index (χ0v) is 11.3. The van der Waals surface area contributed by atoms with Crippen molar-refractivity contribution < 1.29 is 4.92 Å². The predicted molar refractivity (Wildman–Crippen MR) is 76.4 cm³/mol. The molecule has 0 spiro atoms. The Hall–Kier alpha value is -2.17. The Kier molecular flexibility index (Phi) is 3.38. The van der Waals surface area contributed by atoms with Crippen LogP contribution in [0.3, 0.4) is 0 Å². The van der Waals surface area contributed by atoms with Crippen LogP contribution in [0, 0.1) is 10.1 Å². The summed E-state index contributed by atoms with van der Waals surface area (Å²) in [5.74, 6) is 0. The molecule has 0 unspecified atom stereocenters. The van der Waals surface area contributed by atoms with Crippen LogP contribution in [0.5, 0.6) is 0 Å². The molecule has 1 heterocycles. The molecule has 0 fully saturated rings. The number of pyridine rings is 1. The Morgan fingerprint density at radius 2 is 2.05 bits per heavy atom. The van der Waals surface area contributed by atoms with Gasteiger partial charge in [-0.1, -0.05) is 6.92 Å². The van der Waals surface area contributed by atoms with Crippen LogP contribution in [0.4, 0.5) is 11.4 Å². The lowest BCUT2D eigenvalue weighted by atomic mass is 10.00. The average Bonchev–Trinajstić information content (AvgIpc) is 2.38.